The molecule has 3 aromatic heterocycles. The predicted molar refractivity (Wildman–Crippen MR) is 102 cm³/mol. The summed E-state index contributed by atoms with van der Waals surface area (Å²) in [5.41, 5.74) is 1.94. The molecule has 1 saturated heterocycles. The molecule has 0 aliphatic carbocycles. The molecule has 1 aliphatic rings. The molecular formula is C20H23N5O2. The molecule has 1 fully saturated rings. The van der Waals surface area contributed by atoms with Gasteiger partial charge in [-0.25, -0.2) is 9.97 Å². The van der Waals surface area contributed by atoms with Crippen LogP contribution >= 0.6 is 0 Å². The minimum Gasteiger partial charge on any atom is -0.338 e. The molecule has 0 spiro atoms. The van der Waals surface area contributed by atoms with Crippen LogP contribution in [-0.2, 0) is 7.05 Å². The zero-order valence-corrected chi connectivity index (χ0v) is 16.1. The maximum Gasteiger partial charge on any atom is 0.255 e. The van der Waals surface area contributed by atoms with Crippen LogP contribution in [0.3, 0.4) is 0 Å². The number of aromatic nitrogens is 4. The van der Waals surface area contributed by atoms with Gasteiger partial charge in [-0.3, -0.25) is 9.59 Å². The molecule has 4 rings (SSSR count). The van der Waals surface area contributed by atoms with Crippen LogP contribution in [0.4, 0.5) is 0 Å². The lowest BCUT2D eigenvalue weighted by Gasteiger charge is -2.30. The monoisotopic (exact) mass is 365 g/mol. The Balaban J connectivity index is 1.74. The van der Waals surface area contributed by atoms with Crippen molar-refractivity contribution in [3.8, 4) is 5.82 Å². The third-order valence-corrected chi connectivity index (χ3v) is 4.93. The molecule has 0 aromatic carbocycles. The molecule has 7 nitrogen and oxygen atoms in total. The summed E-state index contributed by atoms with van der Waals surface area (Å²) in [5, 5.41) is 0. The molecule has 0 N–H and O–H groups in total. The Bertz CT molecular complexity index is 1050. The van der Waals surface area contributed by atoms with Gasteiger partial charge in [0.25, 0.3) is 5.91 Å². The summed E-state index contributed by atoms with van der Waals surface area (Å²) in [4.78, 5) is 36.2. The van der Waals surface area contributed by atoms with Crippen LogP contribution in [0.1, 0.15) is 47.9 Å². The number of likely N-dealkylation sites (tertiary alicyclic amines) is 1. The average Bonchev–Trinajstić information content (AvgIpc) is 3.17. The second kappa shape index (κ2) is 6.04. The maximum absolute atomic E-state index is 12.8. The predicted octanol–water partition coefficient (Wildman–Crippen LogP) is 2.83. The molecular weight excluding hydrogens is 342 g/mol. The number of amides is 1. The highest BCUT2D eigenvalue weighted by Crippen LogP contribution is 2.27. The van der Waals surface area contributed by atoms with Crippen LogP contribution in [0.25, 0.3) is 17.0 Å². The Kier molecular flexibility index (Phi) is 3.91. The molecule has 1 amide bonds. The minimum absolute atomic E-state index is 0.0284. The number of nitrogens with zero attached hydrogens (tertiary/aromatic N) is 5. The van der Waals surface area contributed by atoms with E-state index in [1.54, 1.807) is 35.4 Å². The summed E-state index contributed by atoms with van der Waals surface area (Å²) >= 11 is 0. The first-order valence-corrected chi connectivity index (χ1v) is 9.10. The Morgan fingerprint density at radius 3 is 2.52 bits per heavy atom. The van der Waals surface area contributed by atoms with Gasteiger partial charge in [-0.05, 0) is 12.5 Å². The summed E-state index contributed by atoms with van der Waals surface area (Å²) in [6, 6.07) is 1.79. The standard InChI is InChI=1S/C20H23N5O2/c1-20(2,3)17(26)14-12-23(4)18-16(14)22-15(10-21-18)25-9-6-13(11-25)19(27)24-7-5-8-24/h6,9-12H,5,7-8H2,1-4H3. The van der Waals surface area contributed by atoms with Crippen LogP contribution in [0, 0.1) is 5.41 Å². The van der Waals surface area contributed by atoms with Crippen LogP contribution < -0.4 is 0 Å². The number of Topliss-reactive ketones (excluding diaryl/α,β-unsaturated/α-hetero) is 1. The number of carbonyl (C=O) groups excluding carboxylic acids is 2. The molecule has 1 aliphatic heterocycles. The lowest BCUT2D eigenvalue weighted by atomic mass is 9.87. The van der Waals surface area contributed by atoms with E-state index in [0.717, 1.165) is 19.5 Å². The normalized spacial score (nSPS) is 14.4. The van der Waals surface area contributed by atoms with Crippen molar-refractivity contribution in [2.45, 2.75) is 27.2 Å². The molecule has 3 aromatic rings. The van der Waals surface area contributed by atoms with Gasteiger partial charge in [-0.2, -0.15) is 0 Å². The van der Waals surface area contributed by atoms with E-state index in [1.165, 1.54) is 0 Å². The largest absolute Gasteiger partial charge is 0.338 e. The van der Waals surface area contributed by atoms with E-state index in [1.807, 2.05) is 37.3 Å². The first-order chi connectivity index (χ1) is 12.8. The Hall–Kier alpha value is -2.96. The fourth-order valence-electron chi connectivity index (χ4n) is 3.19. The van der Waals surface area contributed by atoms with Crippen molar-refractivity contribution < 1.29 is 9.59 Å². The fourth-order valence-corrected chi connectivity index (χ4v) is 3.19. The van der Waals surface area contributed by atoms with E-state index >= 15 is 0 Å². The van der Waals surface area contributed by atoms with E-state index < -0.39 is 5.41 Å². The highest BCUT2D eigenvalue weighted by atomic mass is 16.2. The average molecular weight is 365 g/mol. The number of aryl methyl sites for hydroxylation is 1. The number of carbonyl (C=O) groups is 2. The van der Waals surface area contributed by atoms with Gasteiger partial charge in [0.1, 0.15) is 5.52 Å². The van der Waals surface area contributed by atoms with Crippen molar-refractivity contribution in [2.75, 3.05) is 13.1 Å². The molecule has 0 unspecified atom stereocenters. The van der Waals surface area contributed by atoms with Crippen LogP contribution in [-0.4, -0.2) is 48.8 Å². The molecule has 7 heteroatoms. The molecule has 0 radical (unpaired) electrons. The van der Waals surface area contributed by atoms with Gasteiger partial charge in [0, 0.05) is 44.1 Å². The van der Waals surface area contributed by atoms with Gasteiger partial charge in [-0.15, -0.1) is 0 Å². The quantitative estimate of drug-likeness (QED) is 0.669. The van der Waals surface area contributed by atoms with Gasteiger partial charge in [0.2, 0.25) is 0 Å². The van der Waals surface area contributed by atoms with Gasteiger partial charge in [-0.1, -0.05) is 20.8 Å². The summed E-state index contributed by atoms with van der Waals surface area (Å²) in [6.07, 6.45) is 8.08. The van der Waals surface area contributed by atoms with Crippen LogP contribution in [0.15, 0.2) is 30.9 Å². The Morgan fingerprint density at radius 1 is 1.15 bits per heavy atom. The van der Waals surface area contributed by atoms with Crippen molar-refractivity contribution in [1.82, 2.24) is 24.0 Å². The fraction of sp³-hybridized carbons (Fsp3) is 0.400. The molecule has 0 atom stereocenters. The molecule has 0 bridgehead atoms. The van der Waals surface area contributed by atoms with Crippen molar-refractivity contribution >= 4 is 22.9 Å². The number of ketones is 1. The lowest BCUT2D eigenvalue weighted by Crippen LogP contribution is -2.41. The first-order valence-electron chi connectivity index (χ1n) is 9.10. The van der Waals surface area contributed by atoms with Gasteiger partial charge in [0.05, 0.1) is 17.3 Å². The van der Waals surface area contributed by atoms with Gasteiger partial charge >= 0.3 is 0 Å². The zero-order valence-electron chi connectivity index (χ0n) is 16.1. The minimum atomic E-state index is -0.504. The number of fused-ring (bicyclic) bond motifs is 1. The second-order valence-electron chi connectivity index (χ2n) is 8.09. The smallest absolute Gasteiger partial charge is 0.255 e. The summed E-state index contributed by atoms with van der Waals surface area (Å²) in [5.74, 6) is 0.650. The third-order valence-electron chi connectivity index (χ3n) is 4.93. The van der Waals surface area contributed by atoms with Crippen molar-refractivity contribution in [1.29, 1.82) is 0 Å². The summed E-state index contributed by atoms with van der Waals surface area (Å²) in [6.45, 7) is 7.32. The highest BCUT2D eigenvalue weighted by Gasteiger charge is 2.27. The number of hydrogen-bond acceptors (Lipinski definition) is 4. The first kappa shape index (κ1) is 17.5. The van der Waals surface area contributed by atoms with E-state index in [9.17, 15) is 9.59 Å². The second-order valence-corrected chi connectivity index (χ2v) is 8.09. The summed E-state index contributed by atoms with van der Waals surface area (Å²) in [7, 11) is 1.86. The molecule has 27 heavy (non-hydrogen) atoms. The van der Waals surface area contributed by atoms with Gasteiger partial charge < -0.3 is 14.0 Å². The van der Waals surface area contributed by atoms with E-state index in [4.69, 9.17) is 0 Å². The SMILES string of the molecule is Cn1cc(C(=O)C(C)(C)C)c2nc(-n3ccc(C(=O)N4CCC4)c3)cnc21. The van der Waals surface area contributed by atoms with E-state index in [2.05, 4.69) is 9.97 Å². The van der Waals surface area contributed by atoms with E-state index in [-0.39, 0.29) is 11.7 Å². The van der Waals surface area contributed by atoms with Crippen LogP contribution in [0.5, 0.6) is 0 Å². The molecule has 140 valence electrons. The van der Waals surface area contributed by atoms with E-state index in [0.29, 0.717) is 28.1 Å². The molecule has 4 heterocycles. The van der Waals surface area contributed by atoms with Crippen molar-refractivity contribution in [2.24, 2.45) is 12.5 Å². The highest BCUT2D eigenvalue weighted by molar-refractivity contribution is 6.08. The summed E-state index contributed by atoms with van der Waals surface area (Å²) < 4.78 is 3.59. The topological polar surface area (TPSA) is 73.0 Å². The van der Waals surface area contributed by atoms with Crippen molar-refractivity contribution in [3.05, 3.63) is 42.0 Å². The number of hydrogen-bond donors (Lipinski definition) is 0. The van der Waals surface area contributed by atoms with Crippen LogP contribution in [0.2, 0.25) is 0 Å². The third kappa shape index (κ3) is 2.93. The van der Waals surface area contributed by atoms with Crippen molar-refractivity contribution in [3.63, 3.8) is 0 Å². The Morgan fingerprint density at radius 2 is 1.89 bits per heavy atom. The Labute approximate surface area is 157 Å². The lowest BCUT2D eigenvalue weighted by molar-refractivity contribution is 0.0651. The zero-order chi connectivity index (χ0) is 19.3. The molecule has 0 saturated carbocycles. The maximum atomic E-state index is 12.8. The number of rotatable bonds is 3. The van der Waals surface area contributed by atoms with Gasteiger partial charge in [0.15, 0.2) is 17.2 Å².